The van der Waals surface area contributed by atoms with Crippen LogP contribution in [0, 0.1) is 16.0 Å². The van der Waals surface area contributed by atoms with Gasteiger partial charge in [-0.15, -0.1) is 0 Å². The van der Waals surface area contributed by atoms with Crippen molar-refractivity contribution in [2.24, 2.45) is 13.0 Å². The third kappa shape index (κ3) is 4.92. The van der Waals surface area contributed by atoms with Crippen LogP contribution >= 0.6 is 11.6 Å². The molecule has 0 aliphatic rings. The Morgan fingerprint density at radius 1 is 1.35 bits per heavy atom. The second-order valence-corrected chi connectivity index (χ2v) is 5.01. The molecule has 0 unspecified atom stereocenters. The molecular formula is C13H18ClN3O6. The highest BCUT2D eigenvalue weighted by atomic mass is 35.5. The Morgan fingerprint density at radius 2 is 1.87 bits per heavy atom. The fourth-order valence-corrected chi connectivity index (χ4v) is 2.22. The molecule has 0 aromatic carbocycles. The smallest absolute Gasteiger partial charge is 0.321 e. The van der Waals surface area contributed by atoms with Gasteiger partial charge in [0.2, 0.25) is 6.54 Å². The molecule has 1 rings (SSSR count). The Kier molecular flexibility index (Phi) is 6.95. The lowest BCUT2D eigenvalue weighted by Crippen LogP contribution is -2.36. The first-order valence-electron chi connectivity index (χ1n) is 6.96. The van der Waals surface area contributed by atoms with E-state index in [0.29, 0.717) is 0 Å². The summed E-state index contributed by atoms with van der Waals surface area (Å²) in [7, 11) is 1.54. The molecule has 0 saturated heterocycles. The third-order valence-corrected chi connectivity index (χ3v) is 3.40. The van der Waals surface area contributed by atoms with Crippen LogP contribution in [0.25, 0.3) is 0 Å². The van der Waals surface area contributed by atoms with Gasteiger partial charge in [0, 0.05) is 12.0 Å². The second kappa shape index (κ2) is 8.47. The lowest BCUT2D eigenvalue weighted by Gasteiger charge is -2.19. The van der Waals surface area contributed by atoms with Crippen molar-refractivity contribution in [3.63, 3.8) is 0 Å². The van der Waals surface area contributed by atoms with Gasteiger partial charge in [-0.05, 0) is 19.9 Å². The second-order valence-electron chi connectivity index (χ2n) is 4.62. The van der Waals surface area contributed by atoms with Crippen LogP contribution in [0.1, 0.15) is 25.5 Å². The van der Waals surface area contributed by atoms with E-state index >= 15 is 0 Å². The zero-order valence-electron chi connectivity index (χ0n) is 13.0. The van der Waals surface area contributed by atoms with Crippen LogP contribution < -0.4 is 0 Å². The molecule has 0 N–H and O–H groups in total. The minimum Gasteiger partial charge on any atom is -0.465 e. The third-order valence-electron chi connectivity index (χ3n) is 3.05. The largest absolute Gasteiger partial charge is 0.465 e. The first kappa shape index (κ1) is 18.9. The summed E-state index contributed by atoms with van der Waals surface area (Å²) in [4.78, 5) is 34.6. The molecule has 10 heteroatoms. The highest BCUT2D eigenvalue weighted by Gasteiger charge is 2.42. The van der Waals surface area contributed by atoms with E-state index in [9.17, 15) is 19.7 Å². The van der Waals surface area contributed by atoms with Crippen molar-refractivity contribution in [2.45, 2.75) is 19.8 Å². The average molecular weight is 348 g/mol. The van der Waals surface area contributed by atoms with Crippen LogP contribution in [0.4, 0.5) is 0 Å². The number of nitrogens with zero attached hydrogens (tertiary/aromatic N) is 3. The average Bonchev–Trinajstić information content (AvgIpc) is 2.78. The summed E-state index contributed by atoms with van der Waals surface area (Å²) in [5.74, 6) is -4.40. The van der Waals surface area contributed by atoms with Crippen LogP contribution in [-0.4, -0.2) is 46.4 Å². The van der Waals surface area contributed by atoms with E-state index in [4.69, 9.17) is 21.1 Å². The standard InChI is InChI=1S/C13H18ClN3O6/c1-4-22-12(18)11(13(19)23-5-2)8(7-17(20)21)9-6-10(14)16(3)15-9/h6,8,11H,4-5,7H2,1-3H3/t8-/m1/s1. The van der Waals surface area contributed by atoms with Crippen LogP contribution in [0.2, 0.25) is 5.15 Å². The Balaban J connectivity index is 3.27. The number of halogens is 1. The number of carbonyl (C=O) groups is 2. The van der Waals surface area contributed by atoms with Gasteiger partial charge in [-0.25, -0.2) is 0 Å². The minimum absolute atomic E-state index is 0.0307. The summed E-state index contributed by atoms with van der Waals surface area (Å²) >= 11 is 5.89. The van der Waals surface area contributed by atoms with Gasteiger partial charge in [-0.3, -0.25) is 24.4 Å². The number of aryl methyl sites for hydroxylation is 1. The maximum absolute atomic E-state index is 12.1. The maximum Gasteiger partial charge on any atom is 0.321 e. The zero-order valence-corrected chi connectivity index (χ0v) is 13.8. The fraction of sp³-hybridized carbons (Fsp3) is 0.615. The molecule has 0 saturated carbocycles. The van der Waals surface area contributed by atoms with E-state index in [1.54, 1.807) is 20.9 Å². The van der Waals surface area contributed by atoms with Crippen molar-refractivity contribution in [3.8, 4) is 0 Å². The topological polar surface area (TPSA) is 114 Å². The van der Waals surface area contributed by atoms with Gasteiger partial charge < -0.3 is 9.47 Å². The molecule has 128 valence electrons. The molecule has 0 bridgehead atoms. The lowest BCUT2D eigenvalue weighted by molar-refractivity contribution is -0.484. The number of hydrogen-bond acceptors (Lipinski definition) is 7. The van der Waals surface area contributed by atoms with Gasteiger partial charge >= 0.3 is 11.9 Å². The molecule has 1 aromatic heterocycles. The minimum atomic E-state index is -1.48. The van der Waals surface area contributed by atoms with Crippen molar-refractivity contribution < 1.29 is 24.0 Å². The molecule has 0 spiro atoms. The van der Waals surface area contributed by atoms with E-state index in [1.807, 2.05) is 0 Å². The molecule has 0 amide bonds. The quantitative estimate of drug-likeness (QED) is 0.300. The molecule has 1 aromatic rings. The number of nitro groups is 1. The SMILES string of the molecule is CCOC(=O)C(C(=O)OCC)[C@H](C[N+](=O)[O-])c1cc(Cl)n(C)n1. The Morgan fingerprint density at radius 3 is 2.22 bits per heavy atom. The lowest BCUT2D eigenvalue weighted by atomic mass is 9.89. The summed E-state index contributed by atoms with van der Waals surface area (Å²) < 4.78 is 11.0. The van der Waals surface area contributed by atoms with Gasteiger partial charge in [0.05, 0.1) is 24.8 Å². The molecule has 0 aliphatic heterocycles. The molecule has 9 nitrogen and oxygen atoms in total. The van der Waals surface area contributed by atoms with Crippen molar-refractivity contribution in [1.29, 1.82) is 0 Å². The number of aromatic nitrogens is 2. The number of esters is 2. The molecule has 0 fully saturated rings. The maximum atomic E-state index is 12.1. The number of hydrogen-bond donors (Lipinski definition) is 0. The van der Waals surface area contributed by atoms with Gasteiger partial charge in [0.1, 0.15) is 5.15 Å². The summed E-state index contributed by atoms with van der Waals surface area (Å²) in [5, 5.41) is 15.2. The molecule has 1 heterocycles. The number of carbonyl (C=O) groups excluding carboxylic acids is 2. The number of rotatable bonds is 8. The summed E-state index contributed by atoms with van der Waals surface area (Å²) in [6.07, 6.45) is 0. The highest BCUT2D eigenvalue weighted by molar-refractivity contribution is 6.29. The first-order valence-corrected chi connectivity index (χ1v) is 7.34. The molecular weight excluding hydrogens is 330 g/mol. The zero-order chi connectivity index (χ0) is 17.6. The van der Waals surface area contributed by atoms with Gasteiger partial charge in [-0.2, -0.15) is 5.10 Å². The van der Waals surface area contributed by atoms with Crippen molar-refractivity contribution in [1.82, 2.24) is 9.78 Å². The normalized spacial score (nSPS) is 12.0. The van der Waals surface area contributed by atoms with E-state index in [-0.39, 0.29) is 24.1 Å². The Hall–Kier alpha value is -2.16. The van der Waals surface area contributed by atoms with Crippen LogP contribution in [0.5, 0.6) is 0 Å². The first-order chi connectivity index (χ1) is 10.8. The van der Waals surface area contributed by atoms with E-state index < -0.39 is 35.2 Å². The molecule has 0 aliphatic carbocycles. The fourth-order valence-electron chi connectivity index (χ4n) is 2.07. The molecule has 23 heavy (non-hydrogen) atoms. The number of ether oxygens (including phenoxy) is 2. The van der Waals surface area contributed by atoms with Crippen molar-refractivity contribution >= 4 is 23.5 Å². The van der Waals surface area contributed by atoms with E-state index in [2.05, 4.69) is 5.10 Å². The van der Waals surface area contributed by atoms with Crippen LogP contribution in [0.15, 0.2) is 6.07 Å². The predicted molar refractivity (Wildman–Crippen MR) is 79.6 cm³/mol. The van der Waals surface area contributed by atoms with Crippen LogP contribution in [-0.2, 0) is 26.1 Å². The van der Waals surface area contributed by atoms with E-state index in [0.717, 1.165) is 0 Å². The summed E-state index contributed by atoms with van der Waals surface area (Å²) in [5.41, 5.74) is 0.153. The monoisotopic (exact) mass is 347 g/mol. The van der Waals surface area contributed by atoms with Crippen molar-refractivity contribution in [2.75, 3.05) is 19.8 Å². The highest BCUT2D eigenvalue weighted by Crippen LogP contribution is 2.28. The van der Waals surface area contributed by atoms with Gasteiger partial charge in [0.25, 0.3) is 0 Å². The predicted octanol–water partition coefficient (Wildman–Crippen LogP) is 1.18. The van der Waals surface area contributed by atoms with Gasteiger partial charge in [-0.1, -0.05) is 11.6 Å². The van der Waals surface area contributed by atoms with Crippen LogP contribution in [0.3, 0.4) is 0 Å². The molecule has 1 atom stereocenters. The van der Waals surface area contributed by atoms with E-state index in [1.165, 1.54) is 10.7 Å². The van der Waals surface area contributed by atoms with Gasteiger partial charge in [0.15, 0.2) is 5.92 Å². The van der Waals surface area contributed by atoms with Crippen molar-refractivity contribution in [3.05, 3.63) is 27.0 Å². The molecule has 0 radical (unpaired) electrons. The summed E-state index contributed by atoms with van der Waals surface area (Å²) in [6.45, 7) is 2.52. The Labute approximate surface area is 137 Å². The Bertz CT molecular complexity index is 551. The summed E-state index contributed by atoms with van der Waals surface area (Å²) in [6, 6.07) is 1.38.